The minimum absolute atomic E-state index is 0.292. The van der Waals surface area contributed by atoms with Crippen molar-refractivity contribution in [2.24, 2.45) is 10.9 Å². The molecule has 0 spiro atoms. The Morgan fingerprint density at radius 1 is 1.03 bits per heavy atom. The van der Waals surface area contributed by atoms with Gasteiger partial charge in [0.25, 0.3) is 11.8 Å². The molecule has 164 valence electrons. The molecule has 0 aromatic carbocycles. The molecule has 1 atom stereocenters. The second-order valence-corrected chi connectivity index (χ2v) is 8.46. The maximum absolute atomic E-state index is 12.3. The predicted octanol–water partition coefficient (Wildman–Crippen LogP) is 4.31. The molecule has 8 heteroatoms. The van der Waals surface area contributed by atoms with Crippen molar-refractivity contribution in [2.45, 2.75) is 71.1 Å². The SMILES string of the molecule is CCCCCCCCCCCC(=O)NNC(=O)C1=C(O)C2C=C(Br)C=CC2=NC1=O. The average Bonchev–Trinajstić information content (AvgIpc) is 2.71. The molecule has 0 saturated heterocycles. The molecule has 30 heavy (non-hydrogen) atoms. The highest BCUT2D eigenvalue weighted by molar-refractivity contribution is 9.11. The summed E-state index contributed by atoms with van der Waals surface area (Å²) in [5.41, 5.74) is 4.42. The van der Waals surface area contributed by atoms with Gasteiger partial charge < -0.3 is 5.11 Å². The fourth-order valence-electron chi connectivity index (χ4n) is 3.39. The number of aliphatic hydroxyl groups excluding tert-OH is 1. The van der Waals surface area contributed by atoms with Gasteiger partial charge in [0, 0.05) is 10.9 Å². The number of carbonyl (C=O) groups excluding carboxylic acids is 3. The monoisotopic (exact) mass is 479 g/mol. The Hall–Kier alpha value is -2.22. The van der Waals surface area contributed by atoms with Crippen LogP contribution in [0.3, 0.4) is 0 Å². The van der Waals surface area contributed by atoms with Crippen molar-refractivity contribution in [2.75, 3.05) is 0 Å². The highest BCUT2D eigenvalue weighted by atomic mass is 79.9. The van der Waals surface area contributed by atoms with E-state index in [1.807, 2.05) is 0 Å². The van der Waals surface area contributed by atoms with Crippen LogP contribution in [0.5, 0.6) is 0 Å². The van der Waals surface area contributed by atoms with Gasteiger partial charge in [-0.3, -0.25) is 25.2 Å². The molecule has 0 saturated carbocycles. The second kappa shape index (κ2) is 12.5. The number of hydrogen-bond acceptors (Lipinski definition) is 4. The summed E-state index contributed by atoms with van der Waals surface area (Å²) < 4.78 is 0.710. The number of fused-ring (bicyclic) bond motifs is 1. The van der Waals surface area contributed by atoms with E-state index in [-0.39, 0.29) is 11.7 Å². The van der Waals surface area contributed by atoms with E-state index in [9.17, 15) is 19.5 Å². The van der Waals surface area contributed by atoms with Gasteiger partial charge in [-0.15, -0.1) is 0 Å². The van der Waals surface area contributed by atoms with Crippen LogP contribution in [-0.2, 0) is 14.4 Å². The van der Waals surface area contributed by atoms with Gasteiger partial charge in [-0.05, 0) is 18.6 Å². The Labute approximate surface area is 185 Å². The molecule has 2 aliphatic rings. The highest BCUT2D eigenvalue weighted by Crippen LogP contribution is 2.29. The number of aliphatic hydroxyl groups is 1. The van der Waals surface area contributed by atoms with Crippen LogP contribution in [0.4, 0.5) is 0 Å². The van der Waals surface area contributed by atoms with Crippen LogP contribution >= 0.6 is 15.9 Å². The van der Waals surface area contributed by atoms with Crippen LogP contribution in [0, 0.1) is 5.92 Å². The minimum Gasteiger partial charge on any atom is -0.510 e. The van der Waals surface area contributed by atoms with Gasteiger partial charge >= 0.3 is 0 Å². The number of aliphatic imine (C=N–C) groups is 1. The van der Waals surface area contributed by atoms with Crippen molar-refractivity contribution < 1.29 is 19.5 Å². The second-order valence-electron chi connectivity index (χ2n) is 7.55. The van der Waals surface area contributed by atoms with Crippen molar-refractivity contribution >= 4 is 39.4 Å². The Balaban J connectivity index is 1.70. The third kappa shape index (κ3) is 7.23. The number of carbonyl (C=O) groups is 3. The molecule has 3 amide bonds. The number of nitrogens with zero attached hydrogens (tertiary/aromatic N) is 1. The maximum Gasteiger partial charge on any atom is 0.286 e. The molecule has 2 rings (SSSR count). The van der Waals surface area contributed by atoms with Crippen molar-refractivity contribution in [3.63, 3.8) is 0 Å². The predicted molar refractivity (Wildman–Crippen MR) is 120 cm³/mol. The summed E-state index contributed by atoms with van der Waals surface area (Å²) in [6.45, 7) is 2.20. The number of nitrogens with one attached hydrogen (secondary N) is 2. The lowest BCUT2D eigenvalue weighted by Crippen LogP contribution is -2.44. The largest absolute Gasteiger partial charge is 0.510 e. The summed E-state index contributed by atoms with van der Waals surface area (Å²) in [6, 6.07) is 0. The molecule has 1 aliphatic heterocycles. The number of unbranched alkanes of at least 4 members (excludes halogenated alkanes) is 8. The highest BCUT2D eigenvalue weighted by Gasteiger charge is 2.34. The molecule has 1 heterocycles. The van der Waals surface area contributed by atoms with Crippen molar-refractivity contribution in [3.8, 4) is 0 Å². The number of rotatable bonds is 11. The van der Waals surface area contributed by atoms with E-state index in [4.69, 9.17) is 0 Å². The van der Waals surface area contributed by atoms with Crippen LogP contribution in [0.2, 0.25) is 0 Å². The number of halogens is 1. The number of allylic oxidation sites excluding steroid dienone is 4. The quantitative estimate of drug-likeness (QED) is 0.233. The molecule has 1 aliphatic carbocycles. The van der Waals surface area contributed by atoms with E-state index in [1.165, 1.54) is 38.5 Å². The first-order valence-corrected chi connectivity index (χ1v) is 11.4. The van der Waals surface area contributed by atoms with Gasteiger partial charge in [0.05, 0.1) is 11.6 Å². The third-order valence-electron chi connectivity index (χ3n) is 5.10. The molecule has 1 unspecified atom stereocenters. The fourth-order valence-corrected chi connectivity index (χ4v) is 3.79. The lowest BCUT2D eigenvalue weighted by Gasteiger charge is -2.22. The zero-order valence-corrected chi connectivity index (χ0v) is 19.0. The van der Waals surface area contributed by atoms with Crippen molar-refractivity contribution in [3.05, 3.63) is 34.0 Å². The molecular weight excluding hydrogens is 450 g/mol. The van der Waals surface area contributed by atoms with Gasteiger partial charge in [0.2, 0.25) is 5.91 Å². The number of amides is 3. The van der Waals surface area contributed by atoms with E-state index in [1.54, 1.807) is 18.2 Å². The lowest BCUT2D eigenvalue weighted by molar-refractivity contribution is -0.129. The molecule has 0 aromatic rings. The summed E-state index contributed by atoms with van der Waals surface area (Å²) in [4.78, 5) is 40.2. The summed E-state index contributed by atoms with van der Waals surface area (Å²) in [5, 5.41) is 10.4. The third-order valence-corrected chi connectivity index (χ3v) is 5.63. The first kappa shape index (κ1) is 24.1. The molecule has 3 N–H and O–H groups in total. The van der Waals surface area contributed by atoms with Crippen molar-refractivity contribution in [1.29, 1.82) is 0 Å². The summed E-state index contributed by atoms with van der Waals surface area (Å²) in [7, 11) is 0. The van der Waals surface area contributed by atoms with E-state index in [0.717, 1.165) is 19.3 Å². The summed E-state index contributed by atoms with van der Waals surface area (Å²) in [5.74, 6) is -3.08. The topological polar surface area (TPSA) is 108 Å². The van der Waals surface area contributed by atoms with Crippen molar-refractivity contribution in [1.82, 2.24) is 10.9 Å². The van der Waals surface area contributed by atoms with Gasteiger partial charge in [0.15, 0.2) is 0 Å². The molecule has 0 radical (unpaired) electrons. The van der Waals surface area contributed by atoms with Gasteiger partial charge in [-0.25, -0.2) is 4.99 Å². The van der Waals surface area contributed by atoms with E-state index in [0.29, 0.717) is 16.6 Å². The van der Waals surface area contributed by atoms with Gasteiger partial charge in [0.1, 0.15) is 11.3 Å². The van der Waals surface area contributed by atoms with Gasteiger partial charge in [-0.2, -0.15) is 0 Å². The Kier molecular flexibility index (Phi) is 10.00. The normalized spacial score (nSPS) is 17.9. The molecule has 7 nitrogen and oxygen atoms in total. The molecule has 0 fully saturated rings. The minimum atomic E-state index is -0.875. The van der Waals surface area contributed by atoms with Crippen LogP contribution in [-0.4, -0.2) is 28.5 Å². The Bertz CT molecular complexity index is 783. The average molecular weight is 480 g/mol. The van der Waals surface area contributed by atoms with Gasteiger partial charge in [-0.1, -0.05) is 80.3 Å². The zero-order chi connectivity index (χ0) is 21.9. The maximum atomic E-state index is 12.3. The first-order chi connectivity index (χ1) is 14.4. The van der Waals surface area contributed by atoms with E-state index < -0.39 is 23.3 Å². The number of dihydropyridines is 1. The zero-order valence-electron chi connectivity index (χ0n) is 17.4. The Morgan fingerprint density at radius 3 is 2.33 bits per heavy atom. The standard InChI is InChI=1S/C22H30BrN3O4/c1-2-3-4-5-6-7-8-9-10-11-18(27)25-26-22(30)19-20(28)16-14-15(23)12-13-17(16)24-21(19)29/h12-14,16,28H,2-11H2,1H3,(H,25,27)(H,26,30). The first-order valence-electron chi connectivity index (χ1n) is 10.6. The van der Waals surface area contributed by atoms with Crippen LogP contribution < -0.4 is 10.9 Å². The molecule has 0 bridgehead atoms. The van der Waals surface area contributed by atoms with Crippen LogP contribution in [0.15, 0.2) is 39.0 Å². The fraction of sp³-hybridized carbons (Fsp3) is 0.545. The Morgan fingerprint density at radius 2 is 1.67 bits per heavy atom. The summed E-state index contributed by atoms with van der Waals surface area (Å²) >= 11 is 3.30. The van der Waals surface area contributed by atoms with Crippen LogP contribution in [0.25, 0.3) is 0 Å². The summed E-state index contributed by atoms with van der Waals surface area (Å²) in [6.07, 6.45) is 15.6. The van der Waals surface area contributed by atoms with E-state index in [2.05, 4.69) is 38.7 Å². The lowest BCUT2D eigenvalue weighted by atomic mass is 9.90. The van der Waals surface area contributed by atoms with Crippen LogP contribution in [0.1, 0.15) is 71.1 Å². The van der Waals surface area contributed by atoms with E-state index >= 15 is 0 Å². The number of hydrogen-bond donors (Lipinski definition) is 3. The smallest absolute Gasteiger partial charge is 0.286 e. The number of hydrazine groups is 1. The molecule has 0 aromatic heterocycles. The molecular formula is C22H30BrN3O4.